The van der Waals surface area contributed by atoms with Gasteiger partial charge in [-0.15, -0.1) is 0 Å². The largest absolute Gasteiger partial charge is 0.385 e. The molecule has 0 aliphatic carbocycles. The Labute approximate surface area is 167 Å². The highest BCUT2D eigenvalue weighted by molar-refractivity contribution is 5.92. The second-order valence-electron chi connectivity index (χ2n) is 8.28. The Morgan fingerprint density at radius 2 is 2.04 bits per heavy atom. The van der Waals surface area contributed by atoms with E-state index in [1.54, 1.807) is 11.8 Å². The third-order valence-corrected chi connectivity index (χ3v) is 6.40. The van der Waals surface area contributed by atoms with Gasteiger partial charge in [0.15, 0.2) is 0 Å². The molecule has 0 radical (unpaired) electrons. The van der Waals surface area contributed by atoms with Crippen LogP contribution in [0.5, 0.6) is 0 Å². The number of aromatic nitrogens is 2. The first-order chi connectivity index (χ1) is 13.4. The number of likely N-dealkylation sites (tertiary alicyclic amines) is 2. The number of hydrogen-bond donors (Lipinski definition) is 1. The summed E-state index contributed by atoms with van der Waals surface area (Å²) in [6.07, 6.45) is 4.31. The van der Waals surface area contributed by atoms with Crippen LogP contribution in [0.3, 0.4) is 0 Å². The van der Waals surface area contributed by atoms with Crippen LogP contribution >= 0.6 is 0 Å². The lowest BCUT2D eigenvalue weighted by molar-refractivity contribution is -0.133. The average Bonchev–Trinajstić information content (AvgIpc) is 3.04. The van der Waals surface area contributed by atoms with Gasteiger partial charge in [-0.25, -0.2) is 0 Å². The number of hydrogen-bond acceptors (Lipinski definition) is 5. The van der Waals surface area contributed by atoms with Crippen LogP contribution in [0.2, 0.25) is 0 Å². The number of carbonyl (C=O) groups is 2. The van der Waals surface area contributed by atoms with Gasteiger partial charge < -0.3 is 15.4 Å². The Balaban J connectivity index is 1.60. The van der Waals surface area contributed by atoms with Crippen molar-refractivity contribution in [2.45, 2.75) is 45.1 Å². The Kier molecular flexibility index (Phi) is 6.40. The van der Waals surface area contributed by atoms with Gasteiger partial charge in [0.05, 0.1) is 11.1 Å². The van der Waals surface area contributed by atoms with Crippen LogP contribution in [-0.4, -0.2) is 77.3 Å². The first-order valence-electron chi connectivity index (χ1n) is 10.2. The average molecular weight is 392 g/mol. The van der Waals surface area contributed by atoms with E-state index in [0.29, 0.717) is 31.3 Å². The lowest BCUT2D eigenvalue weighted by Gasteiger charge is -2.46. The fourth-order valence-electron chi connectivity index (χ4n) is 4.71. The number of ether oxygens (including phenoxy) is 1. The van der Waals surface area contributed by atoms with Crippen LogP contribution < -0.4 is 5.73 Å². The molecule has 2 amide bonds. The van der Waals surface area contributed by atoms with Crippen LogP contribution in [0.1, 0.15) is 48.3 Å². The number of nitrogens with two attached hydrogens (primary N) is 1. The highest BCUT2D eigenvalue weighted by atomic mass is 16.5. The zero-order valence-corrected chi connectivity index (χ0v) is 17.3. The molecule has 1 aromatic rings. The molecule has 2 N–H and O–H groups in total. The molecule has 3 heterocycles. The third kappa shape index (κ3) is 4.22. The third-order valence-electron chi connectivity index (χ3n) is 6.40. The number of primary amides is 1. The monoisotopic (exact) mass is 391 g/mol. The number of methoxy groups -OCH3 is 1. The summed E-state index contributed by atoms with van der Waals surface area (Å²) in [6, 6.07) is 2.23. The van der Waals surface area contributed by atoms with Crippen molar-refractivity contribution in [3.63, 3.8) is 0 Å². The van der Waals surface area contributed by atoms with Gasteiger partial charge in [-0.2, -0.15) is 5.10 Å². The van der Waals surface area contributed by atoms with E-state index in [9.17, 15) is 9.59 Å². The SMILES string of the molecule is COCCC1(C(N)=O)CCCN(C2CCN(C(=O)c3cc(C)nn3C)CC2)C1. The minimum absolute atomic E-state index is 0.0479. The number of rotatable bonds is 6. The quantitative estimate of drug-likeness (QED) is 0.779. The van der Waals surface area contributed by atoms with Gasteiger partial charge in [-0.3, -0.25) is 19.2 Å². The van der Waals surface area contributed by atoms with Crippen molar-refractivity contribution >= 4 is 11.8 Å². The second kappa shape index (κ2) is 8.61. The molecule has 28 heavy (non-hydrogen) atoms. The number of carbonyl (C=O) groups excluding carboxylic acids is 2. The molecule has 0 bridgehead atoms. The van der Waals surface area contributed by atoms with E-state index < -0.39 is 5.41 Å². The van der Waals surface area contributed by atoms with Crippen molar-refractivity contribution in [1.82, 2.24) is 19.6 Å². The Hall–Kier alpha value is -1.93. The first-order valence-corrected chi connectivity index (χ1v) is 10.2. The molecule has 8 heteroatoms. The number of amides is 2. The minimum Gasteiger partial charge on any atom is -0.385 e. The molecule has 0 spiro atoms. The molecular formula is C20H33N5O3. The molecule has 1 unspecified atom stereocenters. The molecule has 1 atom stereocenters. The van der Waals surface area contributed by atoms with Gasteiger partial charge in [0.1, 0.15) is 5.69 Å². The van der Waals surface area contributed by atoms with Gasteiger partial charge in [-0.05, 0) is 51.6 Å². The normalized spacial score (nSPS) is 24.5. The van der Waals surface area contributed by atoms with E-state index in [-0.39, 0.29) is 11.8 Å². The lowest BCUT2D eigenvalue weighted by atomic mass is 9.76. The second-order valence-corrected chi connectivity index (χ2v) is 8.28. The van der Waals surface area contributed by atoms with Crippen molar-refractivity contribution in [2.24, 2.45) is 18.2 Å². The summed E-state index contributed by atoms with van der Waals surface area (Å²) in [7, 11) is 3.47. The van der Waals surface area contributed by atoms with Crippen LogP contribution in [0.25, 0.3) is 0 Å². The van der Waals surface area contributed by atoms with Crippen LogP contribution in [0.4, 0.5) is 0 Å². The molecule has 2 aliphatic heterocycles. The van der Waals surface area contributed by atoms with Gasteiger partial charge in [0, 0.05) is 46.4 Å². The van der Waals surface area contributed by atoms with Crippen molar-refractivity contribution in [3.05, 3.63) is 17.5 Å². The molecular weight excluding hydrogens is 358 g/mol. The molecule has 2 fully saturated rings. The first kappa shape index (κ1) is 20.8. The standard InChI is InChI=1S/C20H33N5O3/c1-15-13-17(23(2)22-15)18(26)24-10-5-16(6-11-24)25-9-4-7-20(14-25,19(21)27)8-12-28-3/h13,16H,4-12,14H2,1-3H3,(H2,21,27). The summed E-state index contributed by atoms with van der Waals surface area (Å²) in [6.45, 7) is 5.59. The van der Waals surface area contributed by atoms with Crippen molar-refractivity contribution in [2.75, 3.05) is 39.9 Å². The van der Waals surface area contributed by atoms with Crippen LogP contribution in [0.15, 0.2) is 6.07 Å². The number of nitrogens with zero attached hydrogens (tertiary/aromatic N) is 4. The molecule has 0 aromatic carbocycles. The fraction of sp³-hybridized carbons (Fsp3) is 0.750. The van der Waals surface area contributed by atoms with E-state index in [1.807, 2.05) is 24.9 Å². The molecule has 8 nitrogen and oxygen atoms in total. The van der Waals surface area contributed by atoms with Crippen LogP contribution in [-0.2, 0) is 16.6 Å². The van der Waals surface area contributed by atoms with E-state index >= 15 is 0 Å². The number of piperidine rings is 2. The summed E-state index contributed by atoms with van der Waals surface area (Å²) in [5, 5.41) is 4.28. The summed E-state index contributed by atoms with van der Waals surface area (Å²) in [5.74, 6) is -0.166. The summed E-state index contributed by atoms with van der Waals surface area (Å²) in [5.41, 5.74) is 6.80. The highest BCUT2D eigenvalue weighted by Gasteiger charge is 2.42. The fourth-order valence-corrected chi connectivity index (χ4v) is 4.71. The topological polar surface area (TPSA) is 93.7 Å². The molecule has 3 rings (SSSR count). The molecule has 156 valence electrons. The van der Waals surface area contributed by atoms with Crippen molar-refractivity contribution in [3.8, 4) is 0 Å². The molecule has 1 aromatic heterocycles. The molecule has 0 saturated carbocycles. The zero-order chi connectivity index (χ0) is 20.3. The summed E-state index contributed by atoms with van der Waals surface area (Å²) < 4.78 is 6.87. The predicted octanol–water partition coefficient (Wildman–Crippen LogP) is 0.937. The predicted molar refractivity (Wildman–Crippen MR) is 106 cm³/mol. The maximum atomic E-state index is 12.8. The maximum absolute atomic E-state index is 12.8. The summed E-state index contributed by atoms with van der Waals surface area (Å²) >= 11 is 0. The van der Waals surface area contributed by atoms with E-state index in [0.717, 1.165) is 51.0 Å². The van der Waals surface area contributed by atoms with E-state index in [1.165, 1.54) is 0 Å². The summed E-state index contributed by atoms with van der Waals surface area (Å²) in [4.78, 5) is 29.4. The van der Waals surface area contributed by atoms with Gasteiger partial charge in [0.25, 0.3) is 5.91 Å². The van der Waals surface area contributed by atoms with Gasteiger partial charge >= 0.3 is 0 Å². The Morgan fingerprint density at radius 3 is 2.61 bits per heavy atom. The Morgan fingerprint density at radius 1 is 1.32 bits per heavy atom. The highest BCUT2D eigenvalue weighted by Crippen LogP contribution is 2.35. The lowest BCUT2D eigenvalue weighted by Crippen LogP contribution is -2.56. The maximum Gasteiger partial charge on any atom is 0.272 e. The van der Waals surface area contributed by atoms with Crippen LogP contribution in [0, 0.1) is 12.3 Å². The van der Waals surface area contributed by atoms with Gasteiger partial charge in [0.2, 0.25) is 5.91 Å². The van der Waals surface area contributed by atoms with E-state index in [2.05, 4.69) is 10.00 Å². The Bertz CT molecular complexity index is 711. The minimum atomic E-state index is -0.493. The van der Waals surface area contributed by atoms with Crippen molar-refractivity contribution in [1.29, 1.82) is 0 Å². The number of aryl methyl sites for hydroxylation is 2. The van der Waals surface area contributed by atoms with E-state index in [4.69, 9.17) is 10.5 Å². The van der Waals surface area contributed by atoms with Gasteiger partial charge in [-0.1, -0.05) is 0 Å². The molecule has 2 aliphatic rings. The zero-order valence-electron chi connectivity index (χ0n) is 17.3. The molecule has 2 saturated heterocycles. The smallest absolute Gasteiger partial charge is 0.272 e. The van der Waals surface area contributed by atoms with Crippen molar-refractivity contribution < 1.29 is 14.3 Å².